The van der Waals surface area contributed by atoms with Gasteiger partial charge < -0.3 is 4.74 Å². The molecule has 1 saturated heterocycles. The summed E-state index contributed by atoms with van der Waals surface area (Å²) in [4.78, 5) is 0. The zero-order valence-corrected chi connectivity index (χ0v) is 10.1. The molecule has 0 atom stereocenters. The second-order valence-electron chi connectivity index (χ2n) is 3.30. The minimum absolute atomic E-state index is 0.640. The SMILES string of the molecule is COc1ccc(C2SCCS2)c(C)c1. The minimum Gasteiger partial charge on any atom is -0.497 e. The third kappa shape index (κ3) is 2.04. The molecule has 3 heteroatoms. The van der Waals surface area contributed by atoms with E-state index < -0.39 is 0 Å². The average molecular weight is 226 g/mol. The van der Waals surface area contributed by atoms with Crippen LogP contribution in [-0.4, -0.2) is 18.6 Å². The van der Waals surface area contributed by atoms with Crippen LogP contribution in [0.15, 0.2) is 18.2 Å². The fourth-order valence-corrected chi connectivity index (χ4v) is 4.63. The summed E-state index contributed by atoms with van der Waals surface area (Å²) in [5, 5.41) is 0. The number of thioether (sulfide) groups is 2. The Hall–Kier alpha value is -0.280. The minimum atomic E-state index is 0.640. The molecule has 0 N–H and O–H groups in total. The van der Waals surface area contributed by atoms with Crippen LogP contribution >= 0.6 is 23.5 Å². The first-order chi connectivity index (χ1) is 6.81. The number of aryl methyl sites for hydroxylation is 1. The lowest BCUT2D eigenvalue weighted by atomic mass is 10.1. The molecule has 1 nitrogen and oxygen atoms in total. The Kier molecular flexibility index (Phi) is 3.29. The summed E-state index contributed by atoms with van der Waals surface area (Å²) in [5.74, 6) is 3.51. The molecule has 0 aliphatic carbocycles. The van der Waals surface area contributed by atoms with Crippen LogP contribution in [0.25, 0.3) is 0 Å². The lowest BCUT2D eigenvalue weighted by Crippen LogP contribution is -1.91. The molecule has 14 heavy (non-hydrogen) atoms. The quantitative estimate of drug-likeness (QED) is 0.764. The number of hydrogen-bond donors (Lipinski definition) is 0. The summed E-state index contributed by atoms with van der Waals surface area (Å²) < 4.78 is 5.84. The smallest absolute Gasteiger partial charge is 0.119 e. The maximum absolute atomic E-state index is 5.20. The average Bonchev–Trinajstić information content (AvgIpc) is 2.70. The monoisotopic (exact) mass is 226 g/mol. The standard InChI is InChI=1S/C11H14OS2/c1-8-7-9(12-2)3-4-10(8)11-13-5-6-14-11/h3-4,7,11H,5-6H2,1-2H3. The van der Waals surface area contributed by atoms with Gasteiger partial charge in [-0.05, 0) is 30.2 Å². The number of benzene rings is 1. The molecule has 0 spiro atoms. The Morgan fingerprint density at radius 2 is 2.00 bits per heavy atom. The van der Waals surface area contributed by atoms with Crippen molar-refractivity contribution in [1.82, 2.24) is 0 Å². The predicted octanol–water partition coefficient (Wildman–Crippen LogP) is 3.48. The molecule has 1 fully saturated rings. The molecular weight excluding hydrogens is 212 g/mol. The van der Waals surface area contributed by atoms with Crippen molar-refractivity contribution in [3.63, 3.8) is 0 Å². The fourth-order valence-electron chi connectivity index (χ4n) is 1.58. The Morgan fingerprint density at radius 1 is 1.29 bits per heavy atom. The summed E-state index contributed by atoms with van der Waals surface area (Å²) in [6.45, 7) is 2.16. The van der Waals surface area contributed by atoms with Crippen molar-refractivity contribution in [3.05, 3.63) is 29.3 Å². The molecule has 0 saturated carbocycles. The lowest BCUT2D eigenvalue weighted by Gasteiger charge is -2.12. The molecule has 0 radical (unpaired) electrons. The van der Waals surface area contributed by atoms with Crippen LogP contribution in [0.2, 0.25) is 0 Å². The molecule has 0 unspecified atom stereocenters. The molecule has 1 aliphatic rings. The largest absolute Gasteiger partial charge is 0.497 e. The Bertz CT molecular complexity index is 319. The van der Waals surface area contributed by atoms with Gasteiger partial charge in [0.2, 0.25) is 0 Å². The van der Waals surface area contributed by atoms with Crippen molar-refractivity contribution in [1.29, 1.82) is 0 Å². The van der Waals surface area contributed by atoms with E-state index in [-0.39, 0.29) is 0 Å². The molecule has 1 aromatic carbocycles. The van der Waals surface area contributed by atoms with Gasteiger partial charge in [0.1, 0.15) is 5.75 Å². The highest BCUT2D eigenvalue weighted by molar-refractivity contribution is 8.19. The highest BCUT2D eigenvalue weighted by Gasteiger charge is 2.19. The van der Waals surface area contributed by atoms with Crippen LogP contribution in [0.1, 0.15) is 15.7 Å². The van der Waals surface area contributed by atoms with E-state index in [0.717, 1.165) is 5.75 Å². The van der Waals surface area contributed by atoms with E-state index >= 15 is 0 Å². The normalized spacial score (nSPS) is 17.3. The van der Waals surface area contributed by atoms with Gasteiger partial charge in [0.15, 0.2) is 0 Å². The molecule has 1 heterocycles. The first-order valence-corrected chi connectivity index (χ1v) is 6.79. The van der Waals surface area contributed by atoms with Gasteiger partial charge >= 0.3 is 0 Å². The molecule has 1 aromatic rings. The molecule has 76 valence electrons. The zero-order valence-electron chi connectivity index (χ0n) is 8.45. The van der Waals surface area contributed by atoms with E-state index in [9.17, 15) is 0 Å². The summed E-state index contributed by atoms with van der Waals surface area (Å²) in [6.07, 6.45) is 0. The number of ether oxygens (including phenoxy) is 1. The van der Waals surface area contributed by atoms with Crippen LogP contribution in [-0.2, 0) is 0 Å². The topological polar surface area (TPSA) is 9.23 Å². The van der Waals surface area contributed by atoms with Gasteiger partial charge in [0.25, 0.3) is 0 Å². The summed E-state index contributed by atoms with van der Waals surface area (Å²) >= 11 is 4.09. The second kappa shape index (κ2) is 4.49. The first-order valence-electron chi connectivity index (χ1n) is 4.69. The van der Waals surface area contributed by atoms with Gasteiger partial charge in [-0.15, -0.1) is 23.5 Å². The van der Waals surface area contributed by atoms with Crippen LogP contribution < -0.4 is 4.74 Å². The summed E-state index contributed by atoms with van der Waals surface area (Å²) in [7, 11) is 1.72. The van der Waals surface area contributed by atoms with Gasteiger partial charge in [-0.3, -0.25) is 0 Å². The van der Waals surface area contributed by atoms with Crippen molar-refractivity contribution in [2.24, 2.45) is 0 Å². The third-order valence-electron chi connectivity index (χ3n) is 2.35. The highest BCUT2D eigenvalue weighted by atomic mass is 32.2. The van der Waals surface area contributed by atoms with Gasteiger partial charge in [0.05, 0.1) is 11.7 Å². The van der Waals surface area contributed by atoms with Gasteiger partial charge in [-0.2, -0.15) is 0 Å². The Morgan fingerprint density at radius 3 is 2.57 bits per heavy atom. The molecule has 0 aromatic heterocycles. The molecule has 1 aliphatic heterocycles. The fraction of sp³-hybridized carbons (Fsp3) is 0.455. The molecular formula is C11H14OS2. The number of methoxy groups -OCH3 is 1. The van der Waals surface area contributed by atoms with Crippen molar-refractivity contribution in [2.45, 2.75) is 11.5 Å². The molecule has 2 rings (SSSR count). The molecule has 0 bridgehead atoms. The lowest BCUT2D eigenvalue weighted by molar-refractivity contribution is 0.414. The van der Waals surface area contributed by atoms with E-state index in [1.54, 1.807) is 7.11 Å². The van der Waals surface area contributed by atoms with Crippen LogP contribution in [0.5, 0.6) is 5.75 Å². The maximum atomic E-state index is 5.20. The third-order valence-corrected chi connectivity index (χ3v) is 5.42. The van der Waals surface area contributed by atoms with Crippen LogP contribution in [0.4, 0.5) is 0 Å². The second-order valence-corrected chi connectivity index (χ2v) is 6.02. The predicted molar refractivity (Wildman–Crippen MR) is 65.4 cm³/mol. The van der Waals surface area contributed by atoms with Crippen molar-refractivity contribution >= 4 is 23.5 Å². The summed E-state index contributed by atoms with van der Waals surface area (Å²) in [6, 6.07) is 6.38. The summed E-state index contributed by atoms with van der Waals surface area (Å²) in [5.41, 5.74) is 2.80. The maximum Gasteiger partial charge on any atom is 0.119 e. The van der Waals surface area contributed by atoms with Gasteiger partial charge in [-0.25, -0.2) is 0 Å². The van der Waals surface area contributed by atoms with Crippen LogP contribution in [0, 0.1) is 6.92 Å². The van der Waals surface area contributed by atoms with Gasteiger partial charge in [0, 0.05) is 11.5 Å². The zero-order chi connectivity index (χ0) is 9.97. The first kappa shape index (κ1) is 10.2. The van der Waals surface area contributed by atoms with Crippen molar-refractivity contribution in [3.8, 4) is 5.75 Å². The van der Waals surface area contributed by atoms with Crippen molar-refractivity contribution in [2.75, 3.05) is 18.6 Å². The van der Waals surface area contributed by atoms with E-state index in [1.807, 2.05) is 23.5 Å². The van der Waals surface area contributed by atoms with Crippen molar-refractivity contribution < 1.29 is 4.74 Å². The van der Waals surface area contributed by atoms with E-state index in [2.05, 4.69) is 25.1 Å². The Labute approximate surface area is 93.6 Å². The van der Waals surface area contributed by atoms with E-state index in [4.69, 9.17) is 4.74 Å². The number of rotatable bonds is 2. The van der Waals surface area contributed by atoms with Crippen LogP contribution in [0.3, 0.4) is 0 Å². The highest BCUT2D eigenvalue weighted by Crippen LogP contribution is 2.46. The molecule has 0 amide bonds. The Balaban J connectivity index is 2.25. The van der Waals surface area contributed by atoms with E-state index in [0.29, 0.717) is 4.58 Å². The van der Waals surface area contributed by atoms with Gasteiger partial charge in [-0.1, -0.05) is 6.07 Å². The van der Waals surface area contributed by atoms with E-state index in [1.165, 1.54) is 22.6 Å². The number of hydrogen-bond acceptors (Lipinski definition) is 3.